The van der Waals surface area contributed by atoms with Crippen molar-refractivity contribution in [1.82, 2.24) is 0 Å². The molecule has 100 valence electrons. The molecule has 0 aliphatic heterocycles. The van der Waals surface area contributed by atoms with Gasteiger partial charge in [-0.1, -0.05) is 71.9 Å². The van der Waals surface area contributed by atoms with Crippen LogP contribution in [0.4, 0.5) is 0 Å². The molecule has 0 aromatic heterocycles. The van der Waals surface area contributed by atoms with Gasteiger partial charge in [-0.3, -0.25) is 0 Å². The SMILES string of the molecule is C=C(C)Cc1cc(C(C)(C)C)cc(C(C)(C)C)c1. The first kappa shape index (κ1) is 15.0. The summed E-state index contributed by atoms with van der Waals surface area (Å²) < 4.78 is 0. The Bertz CT molecular complexity index is 404. The number of hydrogen-bond acceptors (Lipinski definition) is 0. The Hall–Kier alpha value is -1.04. The third-order valence-corrected chi connectivity index (χ3v) is 3.23. The van der Waals surface area contributed by atoms with E-state index < -0.39 is 0 Å². The fourth-order valence-electron chi connectivity index (χ4n) is 2.01. The molecule has 0 atom stereocenters. The van der Waals surface area contributed by atoms with Crippen LogP contribution in [0.2, 0.25) is 0 Å². The van der Waals surface area contributed by atoms with Gasteiger partial charge < -0.3 is 0 Å². The van der Waals surface area contributed by atoms with Crippen molar-refractivity contribution >= 4 is 0 Å². The lowest BCUT2D eigenvalue weighted by atomic mass is 9.79. The van der Waals surface area contributed by atoms with Crippen LogP contribution < -0.4 is 0 Å². The highest BCUT2D eigenvalue weighted by Crippen LogP contribution is 2.30. The van der Waals surface area contributed by atoms with Crippen LogP contribution >= 0.6 is 0 Å². The Balaban J connectivity index is 3.34. The molecule has 0 N–H and O–H groups in total. The molecule has 0 saturated carbocycles. The van der Waals surface area contributed by atoms with Gasteiger partial charge in [0.2, 0.25) is 0 Å². The van der Waals surface area contributed by atoms with E-state index in [4.69, 9.17) is 0 Å². The second-order valence-corrected chi connectivity index (χ2v) is 7.55. The van der Waals surface area contributed by atoms with Crippen molar-refractivity contribution in [2.24, 2.45) is 0 Å². The molecule has 0 aliphatic rings. The summed E-state index contributed by atoms with van der Waals surface area (Å²) in [6, 6.07) is 7.04. The smallest absolute Gasteiger partial charge is 0.00724 e. The van der Waals surface area contributed by atoms with Gasteiger partial charge in [0.05, 0.1) is 0 Å². The standard InChI is InChI=1S/C18H28/c1-13(2)9-14-10-15(17(3,4)5)12-16(11-14)18(6,7)8/h10-12H,1,9H2,2-8H3. The highest BCUT2D eigenvalue weighted by Gasteiger charge is 2.20. The van der Waals surface area contributed by atoms with Crippen LogP contribution in [-0.2, 0) is 17.3 Å². The fraction of sp³-hybridized carbons (Fsp3) is 0.556. The third-order valence-electron chi connectivity index (χ3n) is 3.23. The summed E-state index contributed by atoms with van der Waals surface area (Å²) in [6.45, 7) is 19.8. The van der Waals surface area contributed by atoms with Gasteiger partial charge >= 0.3 is 0 Å². The second kappa shape index (κ2) is 4.91. The van der Waals surface area contributed by atoms with Crippen molar-refractivity contribution in [1.29, 1.82) is 0 Å². The molecule has 0 fully saturated rings. The predicted octanol–water partition coefficient (Wildman–Crippen LogP) is 5.40. The quantitative estimate of drug-likeness (QED) is 0.611. The Morgan fingerprint density at radius 1 is 0.889 bits per heavy atom. The average Bonchev–Trinajstić information content (AvgIpc) is 2.13. The Labute approximate surface area is 113 Å². The lowest BCUT2D eigenvalue weighted by molar-refractivity contribution is 0.567. The van der Waals surface area contributed by atoms with E-state index in [-0.39, 0.29) is 10.8 Å². The van der Waals surface area contributed by atoms with E-state index in [2.05, 4.69) is 73.2 Å². The van der Waals surface area contributed by atoms with E-state index in [1.54, 1.807) is 0 Å². The molecule has 0 heterocycles. The van der Waals surface area contributed by atoms with Gasteiger partial charge in [0, 0.05) is 0 Å². The molecule has 0 bridgehead atoms. The lowest BCUT2D eigenvalue weighted by Crippen LogP contribution is -2.17. The van der Waals surface area contributed by atoms with E-state index >= 15 is 0 Å². The highest BCUT2D eigenvalue weighted by molar-refractivity contribution is 5.38. The summed E-state index contributed by atoms with van der Waals surface area (Å²) in [5.41, 5.74) is 5.86. The molecule has 0 aliphatic carbocycles. The summed E-state index contributed by atoms with van der Waals surface area (Å²) in [4.78, 5) is 0. The number of rotatable bonds is 2. The summed E-state index contributed by atoms with van der Waals surface area (Å²) >= 11 is 0. The Kier molecular flexibility index (Phi) is 4.10. The monoisotopic (exact) mass is 244 g/mol. The molecular formula is C18H28. The zero-order valence-electron chi connectivity index (χ0n) is 13.1. The molecule has 1 aromatic carbocycles. The van der Waals surface area contributed by atoms with Crippen LogP contribution in [0.3, 0.4) is 0 Å². The molecule has 1 aromatic rings. The fourth-order valence-corrected chi connectivity index (χ4v) is 2.01. The largest absolute Gasteiger partial charge is 0.0998 e. The first-order valence-electron chi connectivity index (χ1n) is 6.79. The molecular weight excluding hydrogens is 216 g/mol. The summed E-state index contributed by atoms with van der Waals surface area (Å²) in [5, 5.41) is 0. The van der Waals surface area contributed by atoms with Gasteiger partial charge in [-0.15, -0.1) is 0 Å². The van der Waals surface area contributed by atoms with Crippen molar-refractivity contribution in [3.8, 4) is 0 Å². The van der Waals surface area contributed by atoms with Crippen LogP contribution in [-0.4, -0.2) is 0 Å². The second-order valence-electron chi connectivity index (χ2n) is 7.55. The van der Waals surface area contributed by atoms with Gasteiger partial charge in [0.25, 0.3) is 0 Å². The summed E-state index contributed by atoms with van der Waals surface area (Å²) in [7, 11) is 0. The van der Waals surface area contributed by atoms with Crippen molar-refractivity contribution in [2.45, 2.75) is 65.7 Å². The van der Waals surface area contributed by atoms with Gasteiger partial charge in [-0.05, 0) is 40.9 Å². The minimum Gasteiger partial charge on any atom is -0.0998 e. The maximum atomic E-state index is 4.03. The molecule has 1 rings (SSSR count). The number of allylic oxidation sites excluding steroid dienone is 1. The van der Waals surface area contributed by atoms with E-state index in [9.17, 15) is 0 Å². The first-order valence-corrected chi connectivity index (χ1v) is 6.79. The predicted molar refractivity (Wildman–Crippen MR) is 82.4 cm³/mol. The summed E-state index contributed by atoms with van der Waals surface area (Å²) in [5.74, 6) is 0. The number of hydrogen-bond donors (Lipinski definition) is 0. The maximum absolute atomic E-state index is 4.03. The first-order chi connectivity index (χ1) is 8.00. The van der Waals surface area contributed by atoms with Crippen molar-refractivity contribution in [3.05, 3.63) is 47.0 Å². The van der Waals surface area contributed by atoms with Crippen molar-refractivity contribution in [2.75, 3.05) is 0 Å². The number of benzene rings is 1. The van der Waals surface area contributed by atoms with Gasteiger partial charge in [0.1, 0.15) is 0 Å². The molecule has 0 radical (unpaired) electrons. The minimum atomic E-state index is 0.199. The Morgan fingerprint density at radius 3 is 1.56 bits per heavy atom. The average molecular weight is 244 g/mol. The maximum Gasteiger partial charge on any atom is -0.00724 e. The van der Waals surface area contributed by atoms with E-state index in [0.717, 1.165) is 6.42 Å². The van der Waals surface area contributed by atoms with E-state index in [1.165, 1.54) is 22.3 Å². The molecule has 0 nitrogen and oxygen atoms in total. The van der Waals surface area contributed by atoms with Gasteiger partial charge in [0.15, 0.2) is 0 Å². The van der Waals surface area contributed by atoms with Crippen LogP contribution in [0.1, 0.15) is 65.2 Å². The molecule has 0 heteroatoms. The van der Waals surface area contributed by atoms with E-state index in [0.29, 0.717) is 0 Å². The van der Waals surface area contributed by atoms with E-state index in [1.807, 2.05) is 0 Å². The normalized spacial score (nSPS) is 12.6. The van der Waals surface area contributed by atoms with Crippen molar-refractivity contribution in [3.63, 3.8) is 0 Å². The molecule has 0 saturated heterocycles. The minimum absolute atomic E-state index is 0.199. The highest BCUT2D eigenvalue weighted by atomic mass is 14.2. The summed E-state index contributed by atoms with van der Waals surface area (Å²) in [6.07, 6.45) is 0.979. The van der Waals surface area contributed by atoms with Crippen LogP contribution in [0.25, 0.3) is 0 Å². The van der Waals surface area contributed by atoms with Gasteiger partial charge in [-0.25, -0.2) is 0 Å². The lowest BCUT2D eigenvalue weighted by Gasteiger charge is -2.26. The van der Waals surface area contributed by atoms with Crippen LogP contribution in [0.15, 0.2) is 30.4 Å². The zero-order chi connectivity index (χ0) is 14.1. The topological polar surface area (TPSA) is 0 Å². The third kappa shape index (κ3) is 4.01. The molecule has 0 spiro atoms. The molecule has 18 heavy (non-hydrogen) atoms. The van der Waals surface area contributed by atoms with Crippen LogP contribution in [0.5, 0.6) is 0 Å². The van der Waals surface area contributed by atoms with Crippen LogP contribution in [0, 0.1) is 0 Å². The molecule has 0 unspecified atom stereocenters. The Morgan fingerprint density at radius 2 is 1.28 bits per heavy atom. The van der Waals surface area contributed by atoms with Gasteiger partial charge in [-0.2, -0.15) is 0 Å². The van der Waals surface area contributed by atoms with Crippen molar-refractivity contribution < 1.29 is 0 Å². The zero-order valence-corrected chi connectivity index (χ0v) is 13.1. The molecule has 0 amide bonds.